The van der Waals surface area contributed by atoms with E-state index in [2.05, 4.69) is 29.6 Å². The van der Waals surface area contributed by atoms with Gasteiger partial charge in [-0.1, -0.05) is 72.3 Å². The average Bonchev–Trinajstić information content (AvgIpc) is 3.05. The molecule has 5 heteroatoms. The Balaban J connectivity index is 1.28. The lowest BCUT2D eigenvalue weighted by molar-refractivity contribution is 0.143. The molecular formula is C25H21ClFNO2. The van der Waals surface area contributed by atoms with E-state index in [4.69, 9.17) is 16.3 Å². The van der Waals surface area contributed by atoms with E-state index in [1.54, 1.807) is 12.1 Å². The van der Waals surface area contributed by atoms with Crippen LogP contribution in [0.25, 0.3) is 17.2 Å². The van der Waals surface area contributed by atoms with Crippen molar-refractivity contribution in [2.75, 3.05) is 13.2 Å². The summed E-state index contributed by atoms with van der Waals surface area (Å²) < 4.78 is 18.8. The molecular weight excluding hydrogens is 401 g/mol. The normalized spacial score (nSPS) is 12.6. The summed E-state index contributed by atoms with van der Waals surface area (Å²) >= 11 is 5.84. The van der Waals surface area contributed by atoms with Crippen LogP contribution in [-0.4, -0.2) is 19.2 Å². The second-order valence-corrected chi connectivity index (χ2v) is 7.58. The highest BCUT2D eigenvalue weighted by atomic mass is 35.5. The third-order valence-corrected chi connectivity index (χ3v) is 5.34. The van der Waals surface area contributed by atoms with E-state index in [1.807, 2.05) is 30.3 Å². The van der Waals surface area contributed by atoms with Crippen LogP contribution in [0, 0.1) is 5.82 Å². The topological polar surface area (TPSA) is 38.3 Å². The summed E-state index contributed by atoms with van der Waals surface area (Å²) in [6, 6.07) is 20.8. The van der Waals surface area contributed by atoms with E-state index >= 15 is 0 Å². The van der Waals surface area contributed by atoms with Gasteiger partial charge in [-0.25, -0.2) is 9.18 Å². The number of hydrogen-bond acceptors (Lipinski definition) is 2. The monoisotopic (exact) mass is 421 g/mol. The van der Waals surface area contributed by atoms with Crippen molar-refractivity contribution < 1.29 is 13.9 Å². The Bertz CT molecular complexity index is 1030. The van der Waals surface area contributed by atoms with Crippen molar-refractivity contribution in [2.24, 2.45) is 0 Å². The lowest BCUT2D eigenvalue weighted by Crippen LogP contribution is -2.26. The molecule has 0 aromatic heterocycles. The number of amides is 1. The first-order chi connectivity index (χ1) is 14.6. The molecule has 0 fully saturated rings. The summed E-state index contributed by atoms with van der Waals surface area (Å²) in [7, 11) is 0. The zero-order chi connectivity index (χ0) is 20.9. The van der Waals surface area contributed by atoms with Gasteiger partial charge in [0.05, 0.1) is 0 Å². The number of halogens is 2. The molecule has 0 radical (unpaired) electrons. The molecule has 4 rings (SSSR count). The second-order valence-electron chi connectivity index (χ2n) is 7.15. The number of nitrogens with one attached hydrogen (secondary N) is 1. The van der Waals surface area contributed by atoms with Crippen LogP contribution in [0.15, 0.2) is 72.8 Å². The first-order valence-corrected chi connectivity index (χ1v) is 10.2. The van der Waals surface area contributed by atoms with Gasteiger partial charge in [-0.2, -0.15) is 0 Å². The van der Waals surface area contributed by atoms with Crippen LogP contribution in [0.5, 0.6) is 0 Å². The molecule has 0 bridgehead atoms. The molecule has 152 valence electrons. The third kappa shape index (κ3) is 4.55. The fraction of sp³-hybridized carbons (Fsp3) is 0.160. The van der Waals surface area contributed by atoms with Crippen molar-refractivity contribution in [2.45, 2.75) is 12.3 Å². The van der Waals surface area contributed by atoms with E-state index in [-0.39, 0.29) is 18.3 Å². The fourth-order valence-corrected chi connectivity index (χ4v) is 4.03. The molecule has 30 heavy (non-hydrogen) atoms. The Hall–Kier alpha value is -3.11. The Morgan fingerprint density at radius 2 is 1.70 bits per heavy atom. The standard InChI is InChI=1S/C25H21ClFNO2/c26-18-13-17(14-19(27)15-18)7-5-6-12-28-25(29)30-16-24-22-10-3-1-8-20(22)21-9-2-4-11-23(21)24/h1-5,7-11,13-15,24H,6,12,16H2,(H,28,29). The van der Waals surface area contributed by atoms with Gasteiger partial charge in [-0.05, 0) is 52.4 Å². The minimum absolute atomic E-state index is 0.0424. The van der Waals surface area contributed by atoms with Crippen LogP contribution in [0.2, 0.25) is 5.02 Å². The number of hydrogen-bond donors (Lipinski definition) is 1. The number of carbonyl (C=O) groups is 1. The Kier molecular flexibility index (Phi) is 6.15. The first-order valence-electron chi connectivity index (χ1n) is 9.83. The van der Waals surface area contributed by atoms with Crippen LogP contribution < -0.4 is 5.32 Å². The molecule has 1 aliphatic carbocycles. The molecule has 1 aliphatic rings. The van der Waals surface area contributed by atoms with Crippen LogP contribution in [0.3, 0.4) is 0 Å². The molecule has 3 aromatic carbocycles. The zero-order valence-corrected chi connectivity index (χ0v) is 17.0. The quantitative estimate of drug-likeness (QED) is 0.466. The van der Waals surface area contributed by atoms with Gasteiger partial charge in [0, 0.05) is 17.5 Å². The predicted molar refractivity (Wildman–Crippen MR) is 118 cm³/mol. The summed E-state index contributed by atoms with van der Waals surface area (Å²) in [4.78, 5) is 12.1. The highest BCUT2D eigenvalue weighted by molar-refractivity contribution is 6.30. The van der Waals surface area contributed by atoms with Crippen LogP contribution in [0.1, 0.15) is 29.0 Å². The zero-order valence-electron chi connectivity index (χ0n) is 16.3. The molecule has 0 unspecified atom stereocenters. The van der Waals surface area contributed by atoms with E-state index in [0.29, 0.717) is 23.6 Å². The van der Waals surface area contributed by atoms with Crippen LogP contribution in [0.4, 0.5) is 9.18 Å². The maximum Gasteiger partial charge on any atom is 0.407 e. The van der Waals surface area contributed by atoms with E-state index in [9.17, 15) is 9.18 Å². The average molecular weight is 422 g/mol. The number of fused-ring (bicyclic) bond motifs is 3. The number of rotatable bonds is 6. The maximum atomic E-state index is 13.3. The van der Waals surface area contributed by atoms with Gasteiger partial charge in [0.2, 0.25) is 0 Å². The smallest absolute Gasteiger partial charge is 0.407 e. The molecule has 0 atom stereocenters. The van der Waals surface area contributed by atoms with E-state index < -0.39 is 6.09 Å². The van der Waals surface area contributed by atoms with Crippen molar-refractivity contribution in [1.29, 1.82) is 0 Å². The molecule has 1 N–H and O–H groups in total. The highest BCUT2D eigenvalue weighted by Crippen LogP contribution is 2.44. The largest absolute Gasteiger partial charge is 0.449 e. The van der Waals surface area contributed by atoms with Gasteiger partial charge in [0.1, 0.15) is 12.4 Å². The first kappa shape index (κ1) is 20.2. The minimum Gasteiger partial charge on any atom is -0.449 e. The van der Waals surface area contributed by atoms with Crippen molar-refractivity contribution >= 4 is 23.8 Å². The van der Waals surface area contributed by atoms with E-state index in [0.717, 1.165) is 0 Å². The number of alkyl carbamates (subject to hydrolysis) is 1. The number of benzene rings is 3. The molecule has 0 aliphatic heterocycles. The van der Waals surface area contributed by atoms with Gasteiger partial charge < -0.3 is 10.1 Å². The van der Waals surface area contributed by atoms with Crippen molar-refractivity contribution in [1.82, 2.24) is 5.32 Å². The maximum absolute atomic E-state index is 13.3. The lowest BCUT2D eigenvalue weighted by atomic mass is 9.98. The van der Waals surface area contributed by atoms with Gasteiger partial charge >= 0.3 is 6.09 Å². The van der Waals surface area contributed by atoms with Gasteiger partial charge in [0.25, 0.3) is 0 Å². The van der Waals surface area contributed by atoms with Crippen molar-refractivity contribution in [3.8, 4) is 11.1 Å². The van der Waals surface area contributed by atoms with Gasteiger partial charge in [0.15, 0.2) is 0 Å². The fourth-order valence-electron chi connectivity index (χ4n) is 3.80. The summed E-state index contributed by atoms with van der Waals surface area (Å²) in [6.07, 6.45) is 3.78. The summed E-state index contributed by atoms with van der Waals surface area (Å²) in [5.74, 6) is -0.334. The molecule has 0 saturated heterocycles. The summed E-state index contributed by atoms with van der Waals surface area (Å²) in [6.45, 7) is 0.716. The second kappa shape index (κ2) is 9.14. The molecule has 0 spiro atoms. The predicted octanol–water partition coefficient (Wildman–Crippen LogP) is 6.42. The van der Waals surface area contributed by atoms with Gasteiger partial charge in [-0.15, -0.1) is 0 Å². The molecule has 1 amide bonds. The lowest BCUT2D eigenvalue weighted by Gasteiger charge is -2.14. The SMILES string of the molecule is O=C(NCCC=Cc1cc(F)cc(Cl)c1)OCC1c2ccccc2-c2ccccc21. The van der Waals surface area contributed by atoms with Crippen molar-refractivity contribution in [3.63, 3.8) is 0 Å². The van der Waals surface area contributed by atoms with Crippen LogP contribution >= 0.6 is 11.6 Å². The minimum atomic E-state index is -0.445. The molecule has 3 aromatic rings. The highest BCUT2D eigenvalue weighted by Gasteiger charge is 2.28. The summed E-state index contributed by atoms with van der Waals surface area (Å²) in [5, 5.41) is 3.10. The number of carbonyl (C=O) groups excluding carboxylic acids is 1. The molecule has 0 heterocycles. The van der Waals surface area contributed by atoms with Crippen molar-refractivity contribution in [3.05, 3.63) is 100 Å². The third-order valence-electron chi connectivity index (χ3n) is 5.12. The van der Waals surface area contributed by atoms with E-state index in [1.165, 1.54) is 34.4 Å². The Morgan fingerprint density at radius 1 is 1.03 bits per heavy atom. The molecule has 0 saturated carbocycles. The molecule has 3 nitrogen and oxygen atoms in total. The Labute approximate surface area is 180 Å². The van der Waals surface area contributed by atoms with Gasteiger partial charge in [-0.3, -0.25) is 0 Å². The summed E-state index contributed by atoms with van der Waals surface area (Å²) in [5.41, 5.74) is 5.45. The Morgan fingerprint density at radius 3 is 2.37 bits per heavy atom. The van der Waals surface area contributed by atoms with Crippen LogP contribution in [-0.2, 0) is 4.74 Å². The number of ether oxygens (including phenoxy) is 1.